The summed E-state index contributed by atoms with van der Waals surface area (Å²) < 4.78 is 62.2. The molecule has 4 atom stereocenters. The van der Waals surface area contributed by atoms with Gasteiger partial charge >= 0.3 is 6.18 Å². The van der Waals surface area contributed by atoms with E-state index in [1.165, 1.54) is 35.2 Å². The first-order chi connectivity index (χ1) is 24.9. The van der Waals surface area contributed by atoms with Gasteiger partial charge in [-0.25, -0.2) is 9.07 Å². The Bertz CT molecular complexity index is 2020. The van der Waals surface area contributed by atoms with Crippen LogP contribution >= 0.6 is 0 Å². The molecule has 7 rings (SSSR count). The van der Waals surface area contributed by atoms with Crippen molar-refractivity contribution in [1.29, 1.82) is 0 Å². The fraction of sp³-hybridized carbons (Fsp3) is 0.316. The lowest BCUT2D eigenvalue weighted by atomic mass is 9.80. The van der Waals surface area contributed by atoms with Crippen LogP contribution in [0.5, 0.6) is 0 Å². The van der Waals surface area contributed by atoms with E-state index in [0.717, 1.165) is 31.2 Å². The van der Waals surface area contributed by atoms with Crippen molar-refractivity contribution in [3.05, 3.63) is 125 Å². The highest BCUT2D eigenvalue weighted by Crippen LogP contribution is 2.44. The molecule has 2 saturated heterocycles. The number of likely N-dealkylation sites (tertiary alicyclic amines) is 1. The lowest BCUT2D eigenvalue weighted by Gasteiger charge is -2.38. The predicted molar refractivity (Wildman–Crippen MR) is 183 cm³/mol. The SMILES string of the molecule is C=C(CN1C[C@@H]2C[C@H]1CO2)C(=O)NCc1nn(-c2ccccc2)c2c1[C@H](c1ccc(F)cc1)[C@H](NC(=O)c1cccc(C(F)(F)F)c1)C(=O)N2CC. The van der Waals surface area contributed by atoms with E-state index in [1.807, 2.05) is 6.07 Å². The number of rotatable bonds is 10. The maximum absolute atomic E-state index is 14.5. The first-order valence-electron chi connectivity index (χ1n) is 17.0. The van der Waals surface area contributed by atoms with Crippen molar-refractivity contribution in [2.45, 2.75) is 50.2 Å². The monoisotopic (exact) mass is 716 g/mol. The van der Waals surface area contributed by atoms with E-state index < -0.39 is 47.2 Å². The molecular formula is C38H36F4N6O4. The van der Waals surface area contributed by atoms with Crippen molar-refractivity contribution >= 4 is 23.5 Å². The quantitative estimate of drug-likeness (QED) is 0.177. The second kappa shape index (κ2) is 14.0. The summed E-state index contributed by atoms with van der Waals surface area (Å²) in [6, 6.07) is 17.3. The van der Waals surface area contributed by atoms with E-state index in [-0.39, 0.29) is 30.8 Å². The first-order valence-corrected chi connectivity index (χ1v) is 17.0. The average Bonchev–Trinajstić information content (AvgIpc) is 3.87. The molecule has 3 aliphatic heterocycles. The number of hydrogen-bond donors (Lipinski definition) is 2. The van der Waals surface area contributed by atoms with Crippen LogP contribution < -0.4 is 15.5 Å². The van der Waals surface area contributed by atoms with E-state index in [0.29, 0.717) is 47.1 Å². The minimum Gasteiger partial charge on any atom is -0.375 e. The fourth-order valence-corrected chi connectivity index (χ4v) is 7.32. The van der Waals surface area contributed by atoms with Gasteiger partial charge in [0, 0.05) is 48.3 Å². The number of benzene rings is 3. The minimum absolute atomic E-state index is 0.0904. The van der Waals surface area contributed by atoms with Gasteiger partial charge in [-0.05, 0) is 61.4 Å². The van der Waals surface area contributed by atoms with Crippen molar-refractivity contribution in [2.75, 3.05) is 31.1 Å². The number of aromatic nitrogens is 2. The number of alkyl halides is 3. The number of halogens is 4. The molecular weight excluding hydrogens is 680 g/mol. The number of morpholine rings is 1. The second-order valence-corrected chi connectivity index (χ2v) is 13.1. The maximum Gasteiger partial charge on any atom is 0.416 e. The number of carbonyl (C=O) groups excluding carboxylic acids is 3. The summed E-state index contributed by atoms with van der Waals surface area (Å²) in [5.41, 5.74) is 0.948. The third-order valence-corrected chi connectivity index (χ3v) is 9.84. The van der Waals surface area contributed by atoms with Crippen LogP contribution in [0.2, 0.25) is 0 Å². The number of carbonyl (C=O) groups is 3. The highest BCUT2D eigenvalue weighted by molar-refractivity contribution is 6.05. The fourth-order valence-electron chi connectivity index (χ4n) is 7.32. The van der Waals surface area contributed by atoms with Crippen molar-refractivity contribution in [2.24, 2.45) is 0 Å². The molecule has 270 valence electrons. The van der Waals surface area contributed by atoms with Gasteiger partial charge in [-0.15, -0.1) is 0 Å². The van der Waals surface area contributed by atoms with Crippen LogP contribution in [0.15, 0.2) is 91.0 Å². The highest BCUT2D eigenvalue weighted by Gasteiger charge is 2.46. The Hall–Kier alpha value is -5.34. The van der Waals surface area contributed by atoms with Gasteiger partial charge in [0.15, 0.2) is 0 Å². The molecule has 0 saturated carbocycles. The number of nitrogens with one attached hydrogen (secondary N) is 2. The van der Waals surface area contributed by atoms with Gasteiger partial charge in [0.25, 0.3) is 11.8 Å². The van der Waals surface area contributed by atoms with Crippen LogP contribution in [0.25, 0.3) is 5.69 Å². The lowest BCUT2D eigenvalue weighted by molar-refractivity contribution is -0.137. The molecule has 0 unspecified atom stereocenters. The van der Waals surface area contributed by atoms with E-state index in [9.17, 15) is 31.9 Å². The van der Waals surface area contributed by atoms with Gasteiger partial charge in [-0.2, -0.15) is 18.3 Å². The van der Waals surface area contributed by atoms with Crippen molar-refractivity contribution in [3.8, 4) is 5.69 Å². The molecule has 3 aliphatic rings. The molecule has 2 bridgehead atoms. The van der Waals surface area contributed by atoms with E-state index in [4.69, 9.17) is 9.84 Å². The largest absolute Gasteiger partial charge is 0.416 e. The Balaban J connectivity index is 1.29. The number of para-hydroxylation sites is 1. The molecule has 10 nitrogen and oxygen atoms in total. The molecule has 3 aromatic carbocycles. The topological polar surface area (TPSA) is 109 Å². The number of likely N-dealkylation sites (N-methyl/N-ethyl adjacent to an activating group) is 1. The molecule has 52 heavy (non-hydrogen) atoms. The van der Waals surface area contributed by atoms with Gasteiger partial charge < -0.3 is 15.4 Å². The zero-order chi connectivity index (χ0) is 36.7. The predicted octanol–water partition coefficient (Wildman–Crippen LogP) is 4.97. The maximum atomic E-state index is 14.5. The number of amides is 3. The molecule has 0 aliphatic carbocycles. The number of hydrogen-bond acceptors (Lipinski definition) is 6. The van der Waals surface area contributed by atoms with Crippen LogP contribution in [0.4, 0.5) is 23.4 Å². The third kappa shape index (κ3) is 6.71. The summed E-state index contributed by atoms with van der Waals surface area (Å²) in [7, 11) is 0. The molecule has 3 amide bonds. The molecule has 4 aromatic rings. The van der Waals surface area contributed by atoms with Gasteiger partial charge in [0.2, 0.25) is 5.91 Å². The Morgan fingerprint density at radius 1 is 1.04 bits per heavy atom. The number of fused-ring (bicyclic) bond motifs is 3. The van der Waals surface area contributed by atoms with E-state index in [2.05, 4.69) is 22.1 Å². The summed E-state index contributed by atoms with van der Waals surface area (Å²) in [5.74, 6) is -2.97. The number of anilines is 1. The average molecular weight is 717 g/mol. The third-order valence-electron chi connectivity index (χ3n) is 9.84. The summed E-state index contributed by atoms with van der Waals surface area (Å²) in [4.78, 5) is 45.2. The van der Waals surface area contributed by atoms with Crippen LogP contribution in [0.1, 0.15) is 52.0 Å². The van der Waals surface area contributed by atoms with Crippen LogP contribution in [0.3, 0.4) is 0 Å². The lowest BCUT2D eigenvalue weighted by Crippen LogP contribution is -2.55. The smallest absolute Gasteiger partial charge is 0.375 e. The van der Waals surface area contributed by atoms with Crippen molar-refractivity contribution in [3.63, 3.8) is 0 Å². The Labute approximate surface area is 297 Å². The molecule has 0 spiro atoms. The van der Waals surface area contributed by atoms with Crippen LogP contribution in [-0.2, 0) is 27.0 Å². The Morgan fingerprint density at radius 3 is 2.44 bits per heavy atom. The first kappa shape index (κ1) is 35.1. The second-order valence-electron chi connectivity index (χ2n) is 13.1. The highest BCUT2D eigenvalue weighted by atomic mass is 19.4. The summed E-state index contributed by atoms with van der Waals surface area (Å²) >= 11 is 0. The van der Waals surface area contributed by atoms with Crippen molar-refractivity contribution in [1.82, 2.24) is 25.3 Å². The molecule has 14 heteroatoms. The summed E-state index contributed by atoms with van der Waals surface area (Å²) in [6.07, 6.45) is -3.62. The summed E-state index contributed by atoms with van der Waals surface area (Å²) in [5, 5.41) is 10.5. The number of nitrogens with zero attached hydrogens (tertiary/aromatic N) is 4. The van der Waals surface area contributed by atoms with Gasteiger partial charge in [0.05, 0.1) is 36.2 Å². The van der Waals surface area contributed by atoms with E-state index in [1.54, 1.807) is 35.9 Å². The van der Waals surface area contributed by atoms with Gasteiger partial charge in [-0.3, -0.25) is 24.2 Å². The molecule has 2 N–H and O–H groups in total. The zero-order valence-electron chi connectivity index (χ0n) is 28.2. The molecule has 1 aromatic heterocycles. The number of ether oxygens (including phenoxy) is 1. The Kier molecular flexibility index (Phi) is 9.44. The Morgan fingerprint density at radius 2 is 1.79 bits per heavy atom. The summed E-state index contributed by atoms with van der Waals surface area (Å²) in [6.45, 7) is 7.53. The molecule has 2 fully saturated rings. The minimum atomic E-state index is -4.69. The van der Waals surface area contributed by atoms with Gasteiger partial charge in [-0.1, -0.05) is 43.0 Å². The van der Waals surface area contributed by atoms with E-state index >= 15 is 0 Å². The van der Waals surface area contributed by atoms with Gasteiger partial charge in [0.1, 0.15) is 17.7 Å². The molecule has 0 radical (unpaired) electrons. The standard InChI is InChI=1S/C38H36F4N6O4/c1-3-47-36-32(30(45-48(36)27-10-5-4-6-11-27)18-43-34(49)22(2)19-46-20-29-17-28(46)21-52-29)31(23-12-14-26(39)15-13-23)33(37(47)51)44-35(50)24-8-7-9-25(16-24)38(40,41)42/h4-16,28-29,31,33H,2-3,17-21H2,1H3,(H,43,49)(H,44,50)/t28-,29-,31-,33-/m0/s1. The van der Waals surface area contributed by atoms with Crippen LogP contribution in [-0.4, -0.2) is 76.8 Å². The zero-order valence-corrected chi connectivity index (χ0v) is 28.2. The van der Waals surface area contributed by atoms with Crippen LogP contribution in [0, 0.1) is 5.82 Å². The normalized spacial score (nSPS) is 21.2. The van der Waals surface area contributed by atoms with Crippen molar-refractivity contribution < 1.29 is 36.7 Å². The molecule has 4 heterocycles.